The number of carboxylic acids is 1. The molecule has 3 aromatic rings. The van der Waals surface area contributed by atoms with Crippen molar-refractivity contribution in [3.05, 3.63) is 52.4 Å². The molecule has 12 aliphatic carbocycles. The van der Waals surface area contributed by atoms with Crippen molar-refractivity contribution in [2.75, 3.05) is 0 Å². The van der Waals surface area contributed by atoms with Crippen LogP contribution in [0.25, 0.3) is 0 Å². The standard InChI is InChI=1S/2C19H26F3N3O2.C10H17NO.C9H11F3N2O2/c2*1-17(2,3)25-15(19(20,21)22)13(9-23-25)16(26)24-14-11-4-10-5-12(14)8-18(27,6-10)7-11;11-9-7-1-6-2-8(9)5-10(12,3-6)4-7;1-8(2,3)14-6(9(10,11)12)5(4-13-14)7(15)16/h2*9-12,14,27H,4-8H2,1-3H3,(H,24,26);6-9,12H,1-5,11H2;4H,1-3H3,(H,15,16). The molecule has 0 aliphatic heterocycles. The first kappa shape index (κ1) is 61.8. The molecule has 0 radical (unpaired) electrons. The average Bonchev–Trinajstić information content (AvgIpc) is 1.74. The SMILES string of the molecule is CC(C)(C)n1ncc(C(=O)NC2C3CC4CC2CC(O)(C4)C3)c1C(F)(F)F.CC(C)(C)n1ncc(C(=O)NC2C3CC4CC2CC(O)(C4)C3)c1C(F)(F)F.CC(C)(C)n1ncc(C(=O)O)c1C(F)(F)F.NC1C2CC3CC1CC(O)(C3)C2. The molecule has 6 atom stereocenters. The van der Waals surface area contributed by atoms with Gasteiger partial charge in [0, 0.05) is 18.1 Å². The van der Waals surface area contributed by atoms with Gasteiger partial charge in [-0.05, 0) is 212 Å². The molecule has 3 aromatic heterocycles. The molecule has 12 bridgehead atoms. The summed E-state index contributed by atoms with van der Waals surface area (Å²) < 4.78 is 123. The summed E-state index contributed by atoms with van der Waals surface area (Å²) in [6, 6.07) is 0.0589. The summed E-state index contributed by atoms with van der Waals surface area (Å²) in [7, 11) is 0. The number of nitrogens with zero attached hydrogens (tertiary/aromatic N) is 6. The normalized spacial score (nSPS) is 35.0. The molecule has 3 heterocycles. The number of rotatable bonds is 5. The van der Waals surface area contributed by atoms with Gasteiger partial charge in [-0.1, -0.05) is 0 Å². The third-order valence-electron chi connectivity index (χ3n) is 19.1. The Balaban J connectivity index is 0.000000138. The lowest BCUT2D eigenvalue weighted by Crippen LogP contribution is -2.61. The Hall–Kier alpha value is -4.75. The second kappa shape index (κ2) is 20.8. The minimum atomic E-state index is -4.74. The Morgan fingerprint density at radius 1 is 0.463 bits per heavy atom. The van der Waals surface area contributed by atoms with Gasteiger partial charge in [0.15, 0.2) is 17.1 Å². The van der Waals surface area contributed by atoms with Crippen molar-refractivity contribution in [2.24, 2.45) is 59.0 Å². The van der Waals surface area contributed by atoms with E-state index in [1.807, 2.05) is 0 Å². The zero-order chi connectivity index (χ0) is 60.6. The van der Waals surface area contributed by atoms with E-state index < -0.39 is 97.9 Å². The maximum Gasteiger partial charge on any atom is 0.433 e. The molecular formula is C57H80F9N9O7. The highest BCUT2D eigenvalue weighted by atomic mass is 19.4. The van der Waals surface area contributed by atoms with E-state index in [2.05, 4.69) is 25.9 Å². The lowest BCUT2D eigenvalue weighted by Gasteiger charge is -2.58. The first-order valence-corrected chi connectivity index (χ1v) is 28.7. The summed E-state index contributed by atoms with van der Waals surface area (Å²) in [5, 5.41) is 57.1. The van der Waals surface area contributed by atoms with Crippen LogP contribution in [-0.4, -0.2) is 102 Å². The van der Waals surface area contributed by atoms with Crippen LogP contribution >= 0.6 is 0 Å². The van der Waals surface area contributed by atoms with Crippen molar-refractivity contribution in [1.29, 1.82) is 0 Å². The third-order valence-corrected chi connectivity index (χ3v) is 19.1. The second-order valence-corrected chi connectivity index (χ2v) is 28.9. The van der Waals surface area contributed by atoms with Crippen LogP contribution in [0.3, 0.4) is 0 Å². The largest absolute Gasteiger partial charge is 0.478 e. The highest BCUT2D eigenvalue weighted by Crippen LogP contribution is 2.58. The summed E-state index contributed by atoms with van der Waals surface area (Å²) >= 11 is 0. The van der Waals surface area contributed by atoms with Crippen LogP contribution in [0.2, 0.25) is 0 Å². The van der Waals surface area contributed by atoms with E-state index in [9.17, 15) is 69.2 Å². The summed E-state index contributed by atoms with van der Waals surface area (Å²) in [5.41, 5.74) is -3.12. The smallest absolute Gasteiger partial charge is 0.433 e. The molecule has 2 amide bonds. The van der Waals surface area contributed by atoms with Crippen molar-refractivity contribution >= 4 is 17.8 Å². The second-order valence-electron chi connectivity index (χ2n) is 28.9. The number of aromatic carboxylic acids is 1. The molecule has 0 saturated heterocycles. The number of halogens is 9. The van der Waals surface area contributed by atoms with Crippen LogP contribution in [-0.2, 0) is 35.1 Å². The lowest BCUT2D eigenvalue weighted by atomic mass is 9.52. The van der Waals surface area contributed by atoms with Gasteiger partial charge in [0.1, 0.15) is 5.56 Å². The number of nitrogens with two attached hydrogens (primary N) is 1. The number of alkyl halides is 9. The number of amides is 2. The van der Waals surface area contributed by atoms with E-state index in [4.69, 9.17) is 10.8 Å². The van der Waals surface area contributed by atoms with Crippen LogP contribution < -0.4 is 16.4 Å². The highest BCUT2D eigenvalue weighted by molar-refractivity contribution is 5.96. The Morgan fingerprint density at radius 3 is 0.951 bits per heavy atom. The van der Waals surface area contributed by atoms with Crippen molar-refractivity contribution in [3.8, 4) is 0 Å². The van der Waals surface area contributed by atoms with Gasteiger partial charge in [0.25, 0.3) is 11.8 Å². The Bertz CT molecular complexity index is 2710. The van der Waals surface area contributed by atoms with Crippen LogP contribution in [0.4, 0.5) is 39.5 Å². The van der Waals surface area contributed by atoms with Crippen molar-refractivity contribution in [3.63, 3.8) is 0 Å². The Labute approximate surface area is 470 Å². The van der Waals surface area contributed by atoms with E-state index >= 15 is 0 Å². The fraction of sp³-hybridized carbons (Fsp3) is 0.789. The van der Waals surface area contributed by atoms with Crippen molar-refractivity contribution < 1.29 is 74.3 Å². The predicted molar refractivity (Wildman–Crippen MR) is 280 cm³/mol. The van der Waals surface area contributed by atoms with Gasteiger partial charge < -0.3 is 36.8 Å². The Kier molecular flexibility index (Phi) is 15.6. The number of carbonyl (C=O) groups excluding carboxylic acids is 2. The number of hydrogen-bond acceptors (Lipinski definition) is 10. The topological polar surface area (TPSA) is 236 Å². The monoisotopic (exact) mass is 1170 g/mol. The lowest BCUT2D eigenvalue weighted by molar-refractivity contribution is -0.147. The molecule has 0 spiro atoms. The molecule has 458 valence electrons. The van der Waals surface area contributed by atoms with Crippen LogP contribution in [0.5, 0.6) is 0 Å². The molecule has 12 aliphatic rings. The van der Waals surface area contributed by atoms with Crippen LogP contribution in [0, 0.1) is 53.3 Å². The molecule has 12 saturated carbocycles. The van der Waals surface area contributed by atoms with E-state index in [-0.39, 0.29) is 41.4 Å². The number of carboxylic acid groups (broad SMARTS) is 1. The predicted octanol–water partition coefficient (Wildman–Crippen LogP) is 9.89. The van der Waals surface area contributed by atoms with E-state index in [0.717, 1.165) is 91.7 Å². The first-order valence-electron chi connectivity index (χ1n) is 28.7. The molecule has 6 unspecified atom stereocenters. The number of aliphatic hydroxyl groups is 3. The third kappa shape index (κ3) is 12.4. The zero-order valence-corrected chi connectivity index (χ0v) is 47.9. The van der Waals surface area contributed by atoms with Crippen LogP contribution in [0.1, 0.15) is 207 Å². The molecule has 8 N–H and O–H groups in total. The number of aromatic nitrogens is 6. The summed E-state index contributed by atoms with van der Waals surface area (Å²) in [5.74, 6) is 0.482. The maximum atomic E-state index is 13.7. The minimum absolute atomic E-state index is 0.136. The molecule has 16 nitrogen and oxygen atoms in total. The molecule has 12 fully saturated rings. The molecule has 82 heavy (non-hydrogen) atoms. The van der Waals surface area contributed by atoms with Crippen molar-refractivity contribution in [2.45, 2.75) is 229 Å². The van der Waals surface area contributed by atoms with Gasteiger partial charge in [-0.3, -0.25) is 23.6 Å². The van der Waals surface area contributed by atoms with Gasteiger partial charge in [-0.25, -0.2) is 4.79 Å². The molecular weight excluding hydrogens is 1090 g/mol. The number of hydrogen-bond donors (Lipinski definition) is 7. The minimum Gasteiger partial charge on any atom is -0.478 e. The number of nitrogens with one attached hydrogen (secondary N) is 2. The van der Waals surface area contributed by atoms with Crippen LogP contribution in [0.15, 0.2) is 18.6 Å². The fourth-order valence-electron chi connectivity index (χ4n) is 16.8. The van der Waals surface area contributed by atoms with Gasteiger partial charge in [-0.2, -0.15) is 54.8 Å². The van der Waals surface area contributed by atoms with E-state index in [1.54, 1.807) is 41.5 Å². The summed E-state index contributed by atoms with van der Waals surface area (Å²) in [6.07, 6.45) is 2.14. The van der Waals surface area contributed by atoms with Gasteiger partial charge in [0.05, 0.1) is 63.1 Å². The number of carbonyl (C=O) groups is 3. The van der Waals surface area contributed by atoms with Gasteiger partial charge >= 0.3 is 24.5 Å². The zero-order valence-electron chi connectivity index (χ0n) is 47.9. The molecule has 0 aromatic carbocycles. The van der Waals surface area contributed by atoms with Gasteiger partial charge in [-0.15, -0.1) is 0 Å². The quantitative estimate of drug-likeness (QED) is 0.119. The van der Waals surface area contributed by atoms with E-state index in [0.29, 0.717) is 60.1 Å². The summed E-state index contributed by atoms with van der Waals surface area (Å²) in [6.45, 7) is 14.3. The fourth-order valence-corrected chi connectivity index (χ4v) is 16.8. The Morgan fingerprint density at radius 2 is 0.707 bits per heavy atom. The van der Waals surface area contributed by atoms with Gasteiger partial charge in [0.2, 0.25) is 0 Å². The molecule has 25 heteroatoms. The average molecular weight is 1170 g/mol. The maximum absolute atomic E-state index is 13.7. The van der Waals surface area contributed by atoms with E-state index in [1.165, 1.54) is 33.6 Å². The van der Waals surface area contributed by atoms with Crippen molar-refractivity contribution in [1.82, 2.24) is 40.0 Å². The molecule has 15 rings (SSSR count). The summed E-state index contributed by atoms with van der Waals surface area (Å²) in [4.78, 5) is 36.3. The first-order chi connectivity index (χ1) is 37.5. The highest BCUT2D eigenvalue weighted by Gasteiger charge is 2.58.